The number of para-hydroxylation sites is 1. The Morgan fingerprint density at radius 1 is 0.758 bits per heavy atom. The smallest absolute Gasteiger partial charge is 0.282 e. The monoisotopic (exact) mass is 452 g/mol. The number of imide groups is 1. The number of hydrogen-bond acceptors (Lipinski definition) is 3. The van der Waals surface area contributed by atoms with Crippen LogP contribution in [0.15, 0.2) is 103 Å². The number of benzene rings is 4. The van der Waals surface area contributed by atoms with Crippen molar-refractivity contribution in [1.29, 1.82) is 0 Å². The van der Waals surface area contributed by atoms with Gasteiger partial charge in [-0.25, -0.2) is 4.90 Å². The molecule has 0 spiro atoms. The second kappa shape index (κ2) is 8.57. The van der Waals surface area contributed by atoms with Crippen LogP contribution in [-0.2, 0) is 9.59 Å². The third-order valence-corrected chi connectivity index (χ3v) is 6.11. The lowest BCUT2D eigenvalue weighted by Crippen LogP contribution is -2.35. The zero-order chi connectivity index (χ0) is 22.9. The molecule has 1 heterocycles. The number of fused-ring (bicyclic) bond motifs is 1. The molecule has 0 saturated carbocycles. The molecule has 0 bridgehead atoms. The highest BCUT2D eigenvalue weighted by molar-refractivity contribution is 6.47. The average molecular weight is 453 g/mol. The van der Waals surface area contributed by atoms with E-state index >= 15 is 0 Å². The van der Waals surface area contributed by atoms with Crippen molar-refractivity contribution in [2.75, 3.05) is 16.3 Å². The Bertz CT molecular complexity index is 1390. The summed E-state index contributed by atoms with van der Waals surface area (Å²) in [7, 11) is 0. The van der Waals surface area contributed by atoms with Gasteiger partial charge in [-0.2, -0.15) is 0 Å². The van der Waals surface area contributed by atoms with Gasteiger partial charge in [-0.15, -0.1) is 0 Å². The number of halogens is 1. The van der Waals surface area contributed by atoms with Crippen LogP contribution in [0.1, 0.15) is 12.5 Å². The summed E-state index contributed by atoms with van der Waals surface area (Å²) in [5.41, 5.74) is 2.82. The first kappa shape index (κ1) is 21.0. The predicted octanol–water partition coefficient (Wildman–Crippen LogP) is 6.30. The SMILES string of the molecule is CCN(C1=C(c2ccc(Cl)cc2)C(=O)N(c2cccc3ccccc23)C1=O)c1ccccc1. The molecule has 5 heteroatoms. The second-order valence-corrected chi connectivity index (χ2v) is 8.19. The van der Waals surface area contributed by atoms with Crippen LogP contribution in [0.4, 0.5) is 11.4 Å². The van der Waals surface area contributed by atoms with Crippen LogP contribution < -0.4 is 9.80 Å². The predicted molar refractivity (Wildman–Crippen MR) is 134 cm³/mol. The van der Waals surface area contributed by atoms with Crippen molar-refractivity contribution >= 4 is 51.1 Å². The molecule has 0 aliphatic carbocycles. The minimum atomic E-state index is -0.344. The van der Waals surface area contributed by atoms with E-state index in [2.05, 4.69) is 0 Å². The summed E-state index contributed by atoms with van der Waals surface area (Å²) in [4.78, 5) is 31.1. The highest BCUT2D eigenvalue weighted by Gasteiger charge is 2.43. The first-order chi connectivity index (χ1) is 16.1. The largest absolute Gasteiger partial charge is 0.337 e. The van der Waals surface area contributed by atoms with Crippen molar-refractivity contribution in [3.63, 3.8) is 0 Å². The second-order valence-electron chi connectivity index (χ2n) is 7.75. The molecule has 1 aliphatic rings. The van der Waals surface area contributed by atoms with Gasteiger partial charge in [0.25, 0.3) is 11.8 Å². The van der Waals surface area contributed by atoms with Crippen LogP contribution in [0.5, 0.6) is 0 Å². The summed E-state index contributed by atoms with van der Waals surface area (Å²) in [6.45, 7) is 2.50. The molecule has 4 nitrogen and oxygen atoms in total. The zero-order valence-electron chi connectivity index (χ0n) is 18.0. The van der Waals surface area contributed by atoms with Gasteiger partial charge in [0, 0.05) is 22.6 Å². The van der Waals surface area contributed by atoms with E-state index in [1.54, 1.807) is 24.3 Å². The molecule has 33 heavy (non-hydrogen) atoms. The standard InChI is InChI=1S/C28H21ClN2O2/c1-2-30(22-11-4-3-5-12-22)26-25(20-15-17-21(29)18-16-20)27(32)31(28(26)33)24-14-8-10-19-9-6-7-13-23(19)24/h3-18H,2H2,1H3. The minimum absolute atomic E-state index is 0.341. The molecular weight excluding hydrogens is 432 g/mol. The van der Waals surface area contributed by atoms with E-state index in [9.17, 15) is 9.59 Å². The summed E-state index contributed by atoms with van der Waals surface area (Å²) in [5, 5.41) is 2.38. The van der Waals surface area contributed by atoms with Gasteiger partial charge >= 0.3 is 0 Å². The quantitative estimate of drug-likeness (QED) is 0.333. The van der Waals surface area contributed by atoms with Gasteiger partial charge < -0.3 is 4.90 Å². The fourth-order valence-corrected chi connectivity index (χ4v) is 4.47. The topological polar surface area (TPSA) is 40.6 Å². The molecule has 162 valence electrons. The van der Waals surface area contributed by atoms with Crippen LogP contribution in [0, 0.1) is 0 Å². The van der Waals surface area contributed by atoms with Gasteiger partial charge in [-0.1, -0.05) is 78.3 Å². The van der Waals surface area contributed by atoms with E-state index in [0.717, 1.165) is 16.5 Å². The average Bonchev–Trinajstić information content (AvgIpc) is 3.10. The molecule has 1 aliphatic heterocycles. The molecule has 5 rings (SSSR count). The normalized spacial score (nSPS) is 13.8. The minimum Gasteiger partial charge on any atom is -0.337 e. The summed E-state index contributed by atoms with van der Waals surface area (Å²) < 4.78 is 0. The summed E-state index contributed by atoms with van der Waals surface area (Å²) in [6, 6.07) is 30.1. The Morgan fingerprint density at radius 2 is 1.42 bits per heavy atom. The molecule has 4 aromatic rings. The van der Waals surface area contributed by atoms with E-state index < -0.39 is 0 Å². The van der Waals surface area contributed by atoms with Crippen molar-refractivity contribution < 1.29 is 9.59 Å². The molecule has 0 fully saturated rings. The van der Waals surface area contributed by atoms with Gasteiger partial charge in [0.05, 0.1) is 11.3 Å². The van der Waals surface area contributed by atoms with E-state index in [-0.39, 0.29) is 11.8 Å². The number of carbonyl (C=O) groups is 2. The highest BCUT2D eigenvalue weighted by atomic mass is 35.5. The van der Waals surface area contributed by atoms with E-state index in [1.165, 1.54) is 4.90 Å². The fraction of sp³-hybridized carbons (Fsp3) is 0.0714. The molecule has 0 unspecified atom stereocenters. The molecule has 0 atom stereocenters. The Hall–Kier alpha value is -3.89. The number of rotatable bonds is 5. The maximum atomic E-state index is 14.0. The summed E-state index contributed by atoms with van der Waals surface area (Å²) >= 11 is 6.11. The molecule has 4 aromatic carbocycles. The van der Waals surface area contributed by atoms with Crippen LogP contribution in [0.2, 0.25) is 5.02 Å². The van der Waals surface area contributed by atoms with Gasteiger partial charge in [0.2, 0.25) is 0 Å². The molecular formula is C28H21ClN2O2. The molecule has 0 radical (unpaired) electrons. The van der Waals surface area contributed by atoms with Crippen molar-refractivity contribution in [2.45, 2.75) is 6.92 Å². The lowest BCUT2D eigenvalue weighted by atomic mass is 10.0. The van der Waals surface area contributed by atoms with Crippen molar-refractivity contribution in [1.82, 2.24) is 0 Å². The number of nitrogens with zero attached hydrogens (tertiary/aromatic N) is 2. The summed E-state index contributed by atoms with van der Waals surface area (Å²) in [6.07, 6.45) is 0. The maximum absolute atomic E-state index is 14.0. The molecule has 2 amide bonds. The van der Waals surface area contributed by atoms with Crippen molar-refractivity contribution in [2.24, 2.45) is 0 Å². The Kier molecular flexibility index (Phi) is 5.45. The van der Waals surface area contributed by atoms with Gasteiger partial charge in [0.1, 0.15) is 5.70 Å². The zero-order valence-corrected chi connectivity index (χ0v) is 18.8. The number of carbonyl (C=O) groups excluding carboxylic acids is 2. The lowest BCUT2D eigenvalue weighted by Gasteiger charge is -2.25. The molecule has 0 N–H and O–H groups in total. The fourth-order valence-electron chi connectivity index (χ4n) is 4.35. The third-order valence-electron chi connectivity index (χ3n) is 5.85. The number of hydrogen-bond donors (Lipinski definition) is 0. The number of likely N-dealkylation sites (N-methyl/N-ethyl adjacent to an activating group) is 1. The molecule has 0 aromatic heterocycles. The van der Waals surface area contributed by atoms with E-state index in [4.69, 9.17) is 11.6 Å². The van der Waals surface area contributed by atoms with E-state index in [0.29, 0.717) is 34.1 Å². The third kappa shape index (κ3) is 3.59. The Morgan fingerprint density at radius 3 is 2.15 bits per heavy atom. The Labute approximate surface area is 197 Å². The van der Waals surface area contributed by atoms with Crippen molar-refractivity contribution in [3.8, 4) is 0 Å². The lowest BCUT2D eigenvalue weighted by molar-refractivity contribution is -0.120. The van der Waals surface area contributed by atoms with Crippen LogP contribution in [0.25, 0.3) is 16.3 Å². The summed E-state index contributed by atoms with van der Waals surface area (Å²) in [5.74, 6) is -0.685. The van der Waals surface area contributed by atoms with Crippen molar-refractivity contribution in [3.05, 3.63) is 113 Å². The van der Waals surface area contributed by atoms with E-state index in [1.807, 2.05) is 84.6 Å². The number of anilines is 2. The first-order valence-corrected chi connectivity index (χ1v) is 11.2. The Balaban J connectivity index is 1.73. The van der Waals surface area contributed by atoms with Gasteiger partial charge in [-0.05, 0) is 48.2 Å². The van der Waals surface area contributed by atoms with Gasteiger partial charge in [-0.3, -0.25) is 9.59 Å². The highest BCUT2D eigenvalue weighted by Crippen LogP contribution is 2.39. The van der Waals surface area contributed by atoms with Crippen LogP contribution in [0.3, 0.4) is 0 Å². The molecule has 0 saturated heterocycles. The first-order valence-electron chi connectivity index (χ1n) is 10.8. The number of amides is 2. The van der Waals surface area contributed by atoms with Gasteiger partial charge in [0.15, 0.2) is 0 Å². The van der Waals surface area contributed by atoms with Crippen LogP contribution >= 0.6 is 11.6 Å². The van der Waals surface area contributed by atoms with Crippen LogP contribution in [-0.4, -0.2) is 18.4 Å². The maximum Gasteiger partial charge on any atom is 0.282 e.